The highest BCUT2D eigenvalue weighted by Gasteiger charge is 2.39. The van der Waals surface area contributed by atoms with E-state index in [0.29, 0.717) is 0 Å². The first-order valence-electron chi connectivity index (χ1n) is 5.11. The molecular formula is C10H17NO2. The number of likely N-dealkylation sites (tertiary alicyclic amines) is 1. The van der Waals surface area contributed by atoms with Gasteiger partial charge >= 0.3 is 0 Å². The Labute approximate surface area is 79.0 Å². The van der Waals surface area contributed by atoms with Crippen LogP contribution in [0.4, 0.5) is 0 Å². The van der Waals surface area contributed by atoms with Crippen molar-refractivity contribution in [3.05, 3.63) is 0 Å². The smallest absolute Gasteiger partial charge is 0.219 e. The second-order valence-corrected chi connectivity index (χ2v) is 4.18. The van der Waals surface area contributed by atoms with Crippen LogP contribution >= 0.6 is 0 Å². The minimum atomic E-state index is 0.0317. The molecule has 2 fully saturated rings. The molecule has 1 spiro atoms. The normalized spacial score (nSPS) is 34.1. The first-order chi connectivity index (χ1) is 6.22. The van der Waals surface area contributed by atoms with Crippen molar-refractivity contribution in [2.24, 2.45) is 0 Å². The first-order valence-corrected chi connectivity index (χ1v) is 5.11. The molecule has 0 N–H and O–H groups in total. The van der Waals surface area contributed by atoms with Gasteiger partial charge in [-0.15, -0.1) is 0 Å². The van der Waals surface area contributed by atoms with E-state index < -0.39 is 0 Å². The Morgan fingerprint density at radius 3 is 2.77 bits per heavy atom. The summed E-state index contributed by atoms with van der Waals surface area (Å²) in [5.74, 6) is 0.189. The predicted octanol–water partition coefficient (Wildman–Crippen LogP) is 1.18. The third-order valence-electron chi connectivity index (χ3n) is 3.17. The molecule has 3 nitrogen and oxygen atoms in total. The van der Waals surface area contributed by atoms with Crippen LogP contribution in [0.2, 0.25) is 0 Å². The number of carbonyl (C=O) groups excluding carboxylic acids is 1. The molecule has 0 aliphatic carbocycles. The fraction of sp³-hybridized carbons (Fsp3) is 0.900. The Morgan fingerprint density at radius 2 is 2.15 bits per heavy atom. The summed E-state index contributed by atoms with van der Waals surface area (Å²) in [6.45, 7) is 4.27. The van der Waals surface area contributed by atoms with E-state index >= 15 is 0 Å². The zero-order valence-electron chi connectivity index (χ0n) is 8.21. The van der Waals surface area contributed by atoms with Gasteiger partial charge in [0.05, 0.1) is 5.60 Å². The Bertz CT molecular complexity index is 209. The average molecular weight is 183 g/mol. The van der Waals surface area contributed by atoms with Gasteiger partial charge in [-0.1, -0.05) is 0 Å². The van der Waals surface area contributed by atoms with Crippen LogP contribution in [0.3, 0.4) is 0 Å². The van der Waals surface area contributed by atoms with Gasteiger partial charge in [0.25, 0.3) is 0 Å². The summed E-state index contributed by atoms with van der Waals surface area (Å²) in [5, 5.41) is 0. The quantitative estimate of drug-likeness (QED) is 0.564. The molecule has 3 heteroatoms. The van der Waals surface area contributed by atoms with Crippen molar-refractivity contribution in [2.75, 3.05) is 19.7 Å². The molecule has 1 unspecified atom stereocenters. The summed E-state index contributed by atoms with van der Waals surface area (Å²) in [6.07, 6.45) is 4.53. The molecule has 0 aromatic carbocycles. The minimum Gasteiger partial charge on any atom is -0.373 e. The Balaban J connectivity index is 2.02. The first kappa shape index (κ1) is 9.00. The lowest BCUT2D eigenvalue weighted by Crippen LogP contribution is -2.49. The molecule has 0 aromatic heterocycles. The van der Waals surface area contributed by atoms with Crippen molar-refractivity contribution in [3.8, 4) is 0 Å². The van der Waals surface area contributed by atoms with Crippen LogP contribution < -0.4 is 0 Å². The standard InChI is InChI=1S/C10H17NO2/c1-9(12)11-6-2-4-10(8-11)5-3-7-13-10/h2-8H2,1H3. The zero-order chi connectivity index (χ0) is 9.31. The number of hydrogen-bond acceptors (Lipinski definition) is 2. The highest BCUT2D eigenvalue weighted by Crippen LogP contribution is 2.34. The number of ether oxygens (including phenoxy) is 1. The molecular weight excluding hydrogens is 166 g/mol. The summed E-state index contributed by atoms with van der Waals surface area (Å²) in [5.41, 5.74) is 0.0317. The average Bonchev–Trinajstić information content (AvgIpc) is 2.53. The molecule has 1 amide bonds. The van der Waals surface area contributed by atoms with E-state index in [1.165, 1.54) is 0 Å². The van der Waals surface area contributed by atoms with E-state index in [4.69, 9.17) is 4.74 Å². The van der Waals surface area contributed by atoms with Crippen LogP contribution in [0.5, 0.6) is 0 Å². The van der Waals surface area contributed by atoms with Gasteiger partial charge in [-0.25, -0.2) is 0 Å². The summed E-state index contributed by atoms with van der Waals surface area (Å²) < 4.78 is 5.77. The topological polar surface area (TPSA) is 29.5 Å². The van der Waals surface area contributed by atoms with Crippen molar-refractivity contribution in [1.82, 2.24) is 4.90 Å². The monoisotopic (exact) mass is 183 g/mol. The SMILES string of the molecule is CC(=O)N1CCCC2(CCCO2)C1. The van der Waals surface area contributed by atoms with Gasteiger partial charge in [0.15, 0.2) is 0 Å². The lowest BCUT2D eigenvalue weighted by Gasteiger charge is -2.39. The van der Waals surface area contributed by atoms with Crippen molar-refractivity contribution in [1.29, 1.82) is 0 Å². The maximum atomic E-state index is 11.2. The second kappa shape index (κ2) is 3.29. The van der Waals surface area contributed by atoms with Crippen molar-refractivity contribution in [3.63, 3.8) is 0 Å². The maximum Gasteiger partial charge on any atom is 0.219 e. The number of rotatable bonds is 0. The second-order valence-electron chi connectivity index (χ2n) is 4.18. The molecule has 2 heterocycles. The van der Waals surface area contributed by atoms with Gasteiger partial charge in [-0.05, 0) is 25.7 Å². The summed E-state index contributed by atoms with van der Waals surface area (Å²) in [6, 6.07) is 0. The summed E-state index contributed by atoms with van der Waals surface area (Å²) in [7, 11) is 0. The van der Waals surface area contributed by atoms with Gasteiger partial charge in [0, 0.05) is 26.6 Å². The molecule has 2 aliphatic rings. The van der Waals surface area contributed by atoms with E-state index in [0.717, 1.165) is 45.4 Å². The Morgan fingerprint density at radius 1 is 1.38 bits per heavy atom. The number of amides is 1. The molecule has 0 radical (unpaired) electrons. The molecule has 2 aliphatic heterocycles. The third-order valence-corrected chi connectivity index (χ3v) is 3.17. The number of hydrogen-bond donors (Lipinski definition) is 0. The Hall–Kier alpha value is -0.570. The van der Waals surface area contributed by atoms with Crippen LogP contribution in [0.1, 0.15) is 32.6 Å². The van der Waals surface area contributed by atoms with Crippen molar-refractivity contribution in [2.45, 2.75) is 38.2 Å². The Kier molecular flexibility index (Phi) is 2.28. The molecule has 0 aromatic rings. The molecule has 74 valence electrons. The van der Waals surface area contributed by atoms with Crippen LogP contribution in [-0.4, -0.2) is 36.1 Å². The third kappa shape index (κ3) is 1.70. The van der Waals surface area contributed by atoms with Crippen LogP contribution in [0.25, 0.3) is 0 Å². The highest BCUT2D eigenvalue weighted by molar-refractivity contribution is 5.73. The largest absolute Gasteiger partial charge is 0.373 e. The van der Waals surface area contributed by atoms with E-state index in [2.05, 4.69) is 0 Å². The number of carbonyl (C=O) groups is 1. The van der Waals surface area contributed by atoms with Gasteiger partial charge in [0.1, 0.15) is 0 Å². The van der Waals surface area contributed by atoms with Gasteiger partial charge in [0.2, 0.25) is 5.91 Å². The van der Waals surface area contributed by atoms with Crippen LogP contribution in [0, 0.1) is 0 Å². The molecule has 2 saturated heterocycles. The summed E-state index contributed by atoms with van der Waals surface area (Å²) in [4.78, 5) is 13.1. The van der Waals surface area contributed by atoms with E-state index in [-0.39, 0.29) is 11.5 Å². The van der Waals surface area contributed by atoms with Crippen LogP contribution in [-0.2, 0) is 9.53 Å². The van der Waals surface area contributed by atoms with Crippen molar-refractivity contribution < 1.29 is 9.53 Å². The van der Waals surface area contributed by atoms with Crippen molar-refractivity contribution >= 4 is 5.91 Å². The van der Waals surface area contributed by atoms with E-state index in [9.17, 15) is 4.79 Å². The summed E-state index contributed by atoms with van der Waals surface area (Å²) >= 11 is 0. The fourth-order valence-electron chi connectivity index (χ4n) is 2.44. The molecule has 0 bridgehead atoms. The van der Waals surface area contributed by atoms with Crippen LogP contribution in [0.15, 0.2) is 0 Å². The van der Waals surface area contributed by atoms with Gasteiger partial charge in [-0.3, -0.25) is 4.79 Å². The fourth-order valence-corrected chi connectivity index (χ4v) is 2.44. The molecule has 13 heavy (non-hydrogen) atoms. The number of piperidine rings is 1. The van der Waals surface area contributed by atoms with E-state index in [1.807, 2.05) is 4.90 Å². The lowest BCUT2D eigenvalue weighted by atomic mass is 9.90. The van der Waals surface area contributed by atoms with E-state index in [1.54, 1.807) is 6.92 Å². The molecule has 2 rings (SSSR count). The maximum absolute atomic E-state index is 11.2. The predicted molar refractivity (Wildman–Crippen MR) is 49.4 cm³/mol. The van der Waals surface area contributed by atoms with Gasteiger partial charge in [-0.2, -0.15) is 0 Å². The molecule has 0 saturated carbocycles. The minimum absolute atomic E-state index is 0.0317. The van der Waals surface area contributed by atoms with Gasteiger partial charge < -0.3 is 9.64 Å². The number of nitrogens with zero attached hydrogens (tertiary/aromatic N) is 1. The molecule has 1 atom stereocenters. The zero-order valence-corrected chi connectivity index (χ0v) is 8.21. The highest BCUT2D eigenvalue weighted by atomic mass is 16.5. The lowest BCUT2D eigenvalue weighted by molar-refractivity contribution is -0.136.